The van der Waals surface area contributed by atoms with E-state index in [-0.39, 0.29) is 12.1 Å². The van der Waals surface area contributed by atoms with Gasteiger partial charge in [-0.1, -0.05) is 11.8 Å². The van der Waals surface area contributed by atoms with E-state index in [1.807, 2.05) is 0 Å². The van der Waals surface area contributed by atoms with Crippen molar-refractivity contribution in [3.05, 3.63) is 65.2 Å². The zero-order valence-electron chi connectivity index (χ0n) is 20.9. The van der Waals surface area contributed by atoms with E-state index in [9.17, 15) is 24.3 Å². The smallest absolute Gasteiger partial charge is 0.268 e. The number of nitrogens with two attached hydrogens (primary N) is 2. The molecule has 2 aromatic rings. The van der Waals surface area contributed by atoms with Gasteiger partial charge in [-0.3, -0.25) is 24.4 Å². The third-order valence-electron chi connectivity index (χ3n) is 5.31. The van der Waals surface area contributed by atoms with Gasteiger partial charge in [-0.15, -0.1) is 0 Å². The monoisotopic (exact) mass is 524 g/mol. The highest BCUT2D eigenvalue weighted by Gasteiger charge is 2.25. The molecule has 0 saturated carbocycles. The van der Waals surface area contributed by atoms with Crippen LogP contribution in [0.15, 0.2) is 48.5 Å². The number of aliphatic hydroxyl groups excluding tert-OH is 1. The van der Waals surface area contributed by atoms with Crippen LogP contribution in [-0.4, -0.2) is 65.2 Å². The summed E-state index contributed by atoms with van der Waals surface area (Å²) in [6, 6.07) is 11.0. The fourth-order valence-electron chi connectivity index (χ4n) is 3.16. The summed E-state index contributed by atoms with van der Waals surface area (Å²) in [7, 11) is 0. The summed E-state index contributed by atoms with van der Waals surface area (Å²) in [5.74, 6) is 3.58. The number of carbonyl (C=O) groups is 4. The molecule has 0 aliphatic carbocycles. The molecule has 202 valence electrons. The molecule has 0 aromatic heterocycles. The molecule has 0 spiro atoms. The lowest BCUT2D eigenvalue weighted by Gasteiger charge is -2.19. The van der Waals surface area contributed by atoms with Gasteiger partial charge in [0.25, 0.3) is 11.8 Å². The van der Waals surface area contributed by atoms with Crippen molar-refractivity contribution in [1.82, 2.24) is 16.1 Å². The Morgan fingerprint density at radius 3 is 2.05 bits per heavy atom. The Hall–Kier alpha value is -4.28. The molecule has 0 saturated heterocycles. The zero-order chi connectivity index (χ0) is 28.1. The van der Waals surface area contributed by atoms with Crippen LogP contribution in [0.25, 0.3) is 0 Å². The first-order chi connectivity index (χ1) is 18.1. The first-order valence-electron chi connectivity index (χ1n) is 11.8. The van der Waals surface area contributed by atoms with Gasteiger partial charge in [0.05, 0.1) is 18.7 Å². The third kappa shape index (κ3) is 9.64. The molecular weight excluding hydrogens is 492 g/mol. The summed E-state index contributed by atoms with van der Waals surface area (Å²) in [5.41, 5.74) is 14.6. The molecule has 38 heavy (non-hydrogen) atoms. The molecule has 2 rings (SSSR count). The number of hydrogen-bond acceptors (Lipinski definition) is 8. The van der Waals surface area contributed by atoms with Crippen LogP contribution in [-0.2, 0) is 14.4 Å². The summed E-state index contributed by atoms with van der Waals surface area (Å²) in [4.78, 5) is 47.9. The number of carbonyl (C=O) groups excluding carboxylic acids is 4. The molecule has 0 aliphatic heterocycles. The Morgan fingerprint density at radius 1 is 0.947 bits per heavy atom. The Morgan fingerprint density at radius 2 is 1.53 bits per heavy atom. The van der Waals surface area contributed by atoms with Gasteiger partial charge in [0.2, 0.25) is 11.8 Å². The minimum absolute atomic E-state index is 0.209. The van der Waals surface area contributed by atoms with E-state index in [0.29, 0.717) is 36.2 Å². The van der Waals surface area contributed by atoms with E-state index >= 15 is 0 Å². The molecule has 4 amide bonds. The lowest BCUT2D eigenvalue weighted by Crippen LogP contribution is -2.51. The van der Waals surface area contributed by atoms with Gasteiger partial charge in [0, 0.05) is 22.4 Å². The maximum atomic E-state index is 12.3. The first-order valence-corrected chi connectivity index (χ1v) is 11.8. The summed E-state index contributed by atoms with van der Waals surface area (Å²) in [6.45, 7) is 1.54. The SMILES string of the molecule is C[C@@H](O)[C@H](NC(=O)c1ccc(C#Cc2ccc(NC(=O)CNC(=O)[C@@H](N)CCCN)cc2)cc1)C(=O)NO. The maximum absolute atomic E-state index is 12.3. The Balaban J connectivity index is 1.90. The average molecular weight is 525 g/mol. The number of hydrogen-bond donors (Lipinski definition) is 8. The summed E-state index contributed by atoms with van der Waals surface area (Å²) in [5, 5.41) is 25.9. The molecule has 0 heterocycles. The van der Waals surface area contributed by atoms with Crippen LogP contribution in [0, 0.1) is 11.8 Å². The normalized spacial score (nSPS) is 12.7. The Labute approximate surface area is 220 Å². The summed E-state index contributed by atoms with van der Waals surface area (Å²) in [6.07, 6.45) is -0.147. The molecule has 0 aliphatic rings. The van der Waals surface area contributed by atoms with Crippen molar-refractivity contribution >= 4 is 29.3 Å². The molecule has 0 unspecified atom stereocenters. The number of anilines is 1. The standard InChI is InChI=1S/C26H32N6O6/c1-16(33)23(26(37)32-38)31-24(35)19-10-6-17(7-11-19)4-5-18-8-12-20(13-9-18)30-22(34)15-29-25(36)21(28)3-2-14-27/h6-13,16,21,23,33,38H,2-3,14-15,27-28H2,1H3,(H,29,36)(H,30,34)(H,31,35)(H,32,37)/t16-,21+,23+/m1/s1. The van der Waals surface area contributed by atoms with Crippen LogP contribution < -0.4 is 32.9 Å². The molecule has 0 radical (unpaired) electrons. The predicted octanol–water partition coefficient (Wildman–Crippen LogP) is -0.808. The molecule has 12 nitrogen and oxygen atoms in total. The fraction of sp³-hybridized carbons (Fsp3) is 0.308. The summed E-state index contributed by atoms with van der Waals surface area (Å²) < 4.78 is 0. The lowest BCUT2D eigenvalue weighted by atomic mass is 10.1. The van der Waals surface area contributed by atoms with Crippen LogP contribution >= 0.6 is 0 Å². The van der Waals surface area contributed by atoms with Gasteiger partial charge in [-0.05, 0) is 74.8 Å². The van der Waals surface area contributed by atoms with Gasteiger partial charge in [-0.2, -0.15) is 0 Å². The Bertz CT molecular complexity index is 1170. The van der Waals surface area contributed by atoms with Gasteiger partial charge in [0.1, 0.15) is 6.04 Å². The van der Waals surface area contributed by atoms with Crippen LogP contribution in [0.3, 0.4) is 0 Å². The van der Waals surface area contributed by atoms with Crippen molar-refractivity contribution in [2.45, 2.75) is 38.0 Å². The van der Waals surface area contributed by atoms with E-state index in [1.54, 1.807) is 36.4 Å². The second-order valence-electron chi connectivity index (χ2n) is 8.38. The van der Waals surface area contributed by atoms with Crippen molar-refractivity contribution < 1.29 is 29.5 Å². The molecule has 12 heteroatoms. The number of nitrogens with one attached hydrogen (secondary N) is 4. The maximum Gasteiger partial charge on any atom is 0.268 e. The van der Waals surface area contributed by atoms with Crippen molar-refractivity contribution in [3.8, 4) is 11.8 Å². The zero-order valence-corrected chi connectivity index (χ0v) is 20.9. The third-order valence-corrected chi connectivity index (χ3v) is 5.31. The quantitative estimate of drug-likeness (QED) is 0.106. The fourth-order valence-corrected chi connectivity index (χ4v) is 3.16. The van der Waals surface area contributed by atoms with E-state index < -0.39 is 41.8 Å². The molecule has 3 atom stereocenters. The molecular formula is C26H32N6O6. The van der Waals surface area contributed by atoms with Gasteiger partial charge in [0.15, 0.2) is 0 Å². The van der Waals surface area contributed by atoms with Crippen molar-refractivity contribution in [2.75, 3.05) is 18.4 Å². The highest BCUT2D eigenvalue weighted by Crippen LogP contribution is 2.10. The van der Waals surface area contributed by atoms with Crippen LogP contribution in [0.5, 0.6) is 0 Å². The summed E-state index contributed by atoms with van der Waals surface area (Å²) >= 11 is 0. The highest BCUT2D eigenvalue weighted by molar-refractivity contribution is 5.97. The Kier molecular flexibility index (Phi) is 11.9. The second kappa shape index (κ2) is 15.1. The number of benzene rings is 2. The van der Waals surface area contributed by atoms with Crippen LogP contribution in [0.4, 0.5) is 5.69 Å². The molecule has 2 aromatic carbocycles. The van der Waals surface area contributed by atoms with Crippen molar-refractivity contribution in [3.63, 3.8) is 0 Å². The minimum atomic E-state index is -1.32. The number of aliphatic hydroxyl groups is 1. The number of amides is 4. The first kappa shape index (κ1) is 29.9. The molecule has 0 fully saturated rings. The minimum Gasteiger partial charge on any atom is -0.391 e. The average Bonchev–Trinajstić information content (AvgIpc) is 2.92. The van der Waals surface area contributed by atoms with E-state index in [2.05, 4.69) is 27.8 Å². The largest absolute Gasteiger partial charge is 0.391 e. The number of rotatable bonds is 11. The van der Waals surface area contributed by atoms with Gasteiger partial charge < -0.3 is 32.5 Å². The van der Waals surface area contributed by atoms with Crippen LogP contribution in [0.2, 0.25) is 0 Å². The van der Waals surface area contributed by atoms with E-state index in [4.69, 9.17) is 16.7 Å². The predicted molar refractivity (Wildman–Crippen MR) is 140 cm³/mol. The highest BCUT2D eigenvalue weighted by atomic mass is 16.5. The van der Waals surface area contributed by atoms with E-state index in [1.165, 1.54) is 24.5 Å². The van der Waals surface area contributed by atoms with E-state index in [0.717, 1.165) is 0 Å². The lowest BCUT2D eigenvalue weighted by molar-refractivity contribution is -0.133. The number of hydroxylamine groups is 1. The van der Waals surface area contributed by atoms with Crippen LogP contribution in [0.1, 0.15) is 41.3 Å². The molecule has 0 bridgehead atoms. The van der Waals surface area contributed by atoms with Gasteiger partial charge >= 0.3 is 0 Å². The van der Waals surface area contributed by atoms with Gasteiger partial charge in [-0.25, -0.2) is 5.48 Å². The topological polar surface area (TPSA) is 209 Å². The van der Waals surface area contributed by atoms with Crippen molar-refractivity contribution in [2.24, 2.45) is 11.5 Å². The van der Waals surface area contributed by atoms with Crippen molar-refractivity contribution in [1.29, 1.82) is 0 Å². The molecule has 10 N–H and O–H groups in total. The second-order valence-corrected chi connectivity index (χ2v) is 8.38.